The van der Waals surface area contributed by atoms with Gasteiger partial charge in [-0.15, -0.1) is 0 Å². The molecule has 2 aromatic rings. The van der Waals surface area contributed by atoms with Crippen LogP contribution in [0.5, 0.6) is 0 Å². The quantitative estimate of drug-likeness (QED) is 0.814. The van der Waals surface area contributed by atoms with E-state index in [-0.39, 0.29) is 17.2 Å². The number of nitrogens with one attached hydrogen (secondary N) is 1. The van der Waals surface area contributed by atoms with Crippen LogP contribution >= 0.6 is 11.8 Å². The van der Waals surface area contributed by atoms with Crippen molar-refractivity contribution in [2.75, 3.05) is 5.32 Å². The van der Waals surface area contributed by atoms with E-state index in [1.165, 1.54) is 10.9 Å². The first-order valence-corrected chi connectivity index (χ1v) is 8.60. The Morgan fingerprint density at radius 3 is 2.69 bits per heavy atom. The molecule has 1 amide bonds. The van der Waals surface area contributed by atoms with Gasteiger partial charge in [-0.2, -0.15) is 5.26 Å². The molecule has 2 aliphatic rings. The number of fused-ring (bicyclic) bond motifs is 2. The molecular weight excluding hydrogens is 356 g/mol. The van der Waals surface area contributed by atoms with Crippen LogP contribution in [0, 0.1) is 17.2 Å². The predicted molar refractivity (Wildman–Crippen MR) is 93.6 cm³/mol. The van der Waals surface area contributed by atoms with Gasteiger partial charge in [0.1, 0.15) is 29.2 Å². The van der Waals surface area contributed by atoms with E-state index < -0.39 is 11.6 Å². The van der Waals surface area contributed by atoms with Crippen LogP contribution in [-0.2, 0) is 5.66 Å². The molecule has 4 rings (SSSR count). The van der Waals surface area contributed by atoms with Crippen molar-refractivity contribution in [1.82, 2.24) is 19.0 Å². The first-order valence-electron chi connectivity index (χ1n) is 8.26. The van der Waals surface area contributed by atoms with Crippen molar-refractivity contribution in [3.8, 4) is 6.07 Å². The second-order valence-corrected chi connectivity index (χ2v) is 6.80. The average molecular weight is 371 g/mol. The Bertz CT molecular complexity index is 959. The Labute approximate surface area is 154 Å². The molecule has 1 spiro atoms. The van der Waals surface area contributed by atoms with Crippen molar-refractivity contribution in [2.24, 2.45) is 5.92 Å². The van der Waals surface area contributed by atoms with Gasteiger partial charge >= 0.3 is 0 Å². The van der Waals surface area contributed by atoms with Crippen LogP contribution < -0.4 is 10.9 Å². The van der Waals surface area contributed by atoms with Gasteiger partial charge in [-0.3, -0.25) is 14.2 Å². The number of carbonyl (C=O) groups is 1. The molecule has 1 fully saturated rings. The summed E-state index contributed by atoms with van der Waals surface area (Å²) in [5.41, 5.74) is -0.711. The highest BCUT2D eigenvalue weighted by molar-refractivity contribution is 6.25. The molecule has 2 aromatic heterocycles. The minimum atomic E-state index is -0.929. The number of nitrogens with zero attached hydrogens (tertiary/aromatic N) is 5. The minimum Gasteiger partial charge on any atom is -0.336 e. The van der Waals surface area contributed by atoms with Crippen molar-refractivity contribution >= 4 is 29.2 Å². The van der Waals surface area contributed by atoms with E-state index in [0.717, 1.165) is 4.42 Å². The molecule has 0 bridgehead atoms. The molecule has 9 heteroatoms. The molecule has 26 heavy (non-hydrogen) atoms. The van der Waals surface area contributed by atoms with E-state index in [2.05, 4.69) is 21.4 Å². The van der Waals surface area contributed by atoms with Gasteiger partial charge in [-0.25, -0.2) is 14.4 Å². The first-order chi connectivity index (χ1) is 12.6. The molecule has 1 N–H and O–H groups in total. The summed E-state index contributed by atoms with van der Waals surface area (Å²) in [5.74, 6) is 0.00238. The number of halogens is 1. The fraction of sp³-hybridized carbons (Fsp3) is 0.353. The van der Waals surface area contributed by atoms with Gasteiger partial charge < -0.3 is 5.32 Å². The van der Waals surface area contributed by atoms with Gasteiger partial charge in [-0.1, -0.05) is 0 Å². The van der Waals surface area contributed by atoms with E-state index in [9.17, 15) is 9.59 Å². The highest BCUT2D eigenvalue weighted by atomic mass is 35.5. The van der Waals surface area contributed by atoms with E-state index in [1.54, 1.807) is 24.4 Å². The van der Waals surface area contributed by atoms with Crippen molar-refractivity contribution in [3.05, 3.63) is 46.8 Å². The zero-order valence-corrected chi connectivity index (χ0v) is 14.5. The lowest BCUT2D eigenvalue weighted by Crippen LogP contribution is -2.48. The second-order valence-electron chi connectivity index (χ2n) is 6.46. The van der Waals surface area contributed by atoms with E-state index in [4.69, 9.17) is 17.0 Å². The summed E-state index contributed by atoms with van der Waals surface area (Å²) in [4.78, 5) is 33.6. The van der Waals surface area contributed by atoms with Gasteiger partial charge in [0, 0.05) is 23.9 Å². The molecular formula is C17H15ClN6O2. The summed E-state index contributed by atoms with van der Waals surface area (Å²) < 4.78 is 2.60. The monoisotopic (exact) mass is 370 g/mol. The Balaban J connectivity index is 1.79. The number of hydrogen-bond acceptors (Lipinski definition) is 6. The Kier molecular flexibility index (Phi) is 3.89. The number of carbonyl (C=O) groups excluding carboxylic acids is 1. The van der Waals surface area contributed by atoms with Gasteiger partial charge in [0.15, 0.2) is 0 Å². The SMILES string of the molecule is N#CC1CCC2(CC1)N(Cl)C(=O)c1ccc(Nc3ccncn3)c(=O)n12. The standard InChI is InChI=1S/C17H15ClN6O2/c18-24-16(26)13-2-1-12(22-14-5-8-20-10-21-14)15(25)23(13)17(24)6-3-11(9-19)4-7-17/h1-2,5,8,10-11H,3-4,6-7H2,(H,20,21,22). The molecule has 3 heterocycles. The van der Waals surface area contributed by atoms with Gasteiger partial charge in [0.25, 0.3) is 11.5 Å². The van der Waals surface area contributed by atoms with Crippen LogP contribution in [0.25, 0.3) is 0 Å². The number of rotatable bonds is 2. The van der Waals surface area contributed by atoms with Crippen LogP contribution in [-0.4, -0.2) is 24.9 Å². The molecule has 0 aromatic carbocycles. The molecule has 1 aliphatic carbocycles. The number of anilines is 2. The Hall–Kier alpha value is -2.92. The maximum atomic E-state index is 13.1. The topological polar surface area (TPSA) is 104 Å². The van der Waals surface area contributed by atoms with Crippen LogP contribution in [0.15, 0.2) is 35.5 Å². The molecule has 8 nitrogen and oxygen atoms in total. The molecule has 0 radical (unpaired) electrons. The minimum absolute atomic E-state index is 0.0807. The largest absolute Gasteiger partial charge is 0.336 e. The fourth-order valence-electron chi connectivity index (χ4n) is 3.72. The number of aromatic nitrogens is 3. The van der Waals surface area contributed by atoms with Gasteiger partial charge in [-0.05, 0) is 43.9 Å². The second kappa shape index (κ2) is 6.11. The summed E-state index contributed by atoms with van der Waals surface area (Å²) in [6.07, 6.45) is 5.04. The number of pyridine rings is 1. The lowest BCUT2D eigenvalue weighted by atomic mass is 9.82. The fourth-order valence-corrected chi connectivity index (χ4v) is 4.05. The average Bonchev–Trinajstić information content (AvgIpc) is 2.88. The zero-order valence-electron chi connectivity index (χ0n) is 13.7. The summed E-state index contributed by atoms with van der Waals surface area (Å²) in [6, 6.07) is 7.05. The summed E-state index contributed by atoms with van der Waals surface area (Å²) >= 11 is 6.34. The van der Waals surface area contributed by atoms with Crippen molar-refractivity contribution in [3.63, 3.8) is 0 Å². The normalized spacial score (nSPS) is 24.4. The van der Waals surface area contributed by atoms with Crippen LogP contribution in [0.2, 0.25) is 0 Å². The smallest absolute Gasteiger partial charge is 0.287 e. The molecule has 0 atom stereocenters. The number of nitriles is 1. The zero-order chi connectivity index (χ0) is 18.3. The molecule has 0 saturated heterocycles. The maximum absolute atomic E-state index is 13.1. The summed E-state index contributed by atoms with van der Waals surface area (Å²) in [7, 11) is 0. The Morgan fingerprint density at radius 1 is 1.27 bits per heavy atom. The summed E-state index contributed by atoms with van der Waals surface area (Å²) in [5, 5.41) is 12.1. The lowest BCUT2D eigenvalue weighted by molar-refractivity contribution is 0.0505. The van der Waals surface area contributed by atoms with Gasteiger partial charge in [0.05, 0.1) is 6.07 Å². The molecule has 1 saturated carbocycles. The maximum Gasteiger partial charge on any atom is 0.287 e. The third-order valence-corrected chi connectivity index (χ3v) is 5.54. The van der Waals surface area contributed by atoms with Gasteiger partial charge in [0.2, 0.25) is 0 Å². The third kappa shape index (κ3) is 2.35. The van der Waals surface area contributed by atoms with E-state index in [0.29, 0.717) is 37.2 Å². The van der Waals surface area contributed by atoms with Crippen molar-refractivity contribution < 1.29 is 4.79 Å². The molecule has 0 unspecified atom stereocenters. The number of hydrogen-bond donors (Lipinski definition) is 1. The summed E-state index contributed by atoms with van der Waals surface area (Å²) in [6.45, 7) is 0. The molecule has 132 valence electrons. The first kappa shape index (κ1) is 16.5. The van der Waals surface area contributed by atoms with Crippen LogP contribution in [0.4, 0.5) is 11.5 Å². The van der Waals surface area contributed by atoms with Crippen molar-refractivity contribution in [1.29, 1.82) is 5.26 Å². The predicted octanol–water partition coefficient (Wildman–Crippen LogP) is 2.36. The third-order valence-electron chi connectivity index (χ3n) is 5.07. The highest BCUT2D eigenvalue weighted by Crippen LogP contribution is 2.45. The van der Waals surface area contributed by atoms with E-state index in [1.807, 2.05) is 0 Å². The van der Waals surface area contributed by atoms with E-state index >= 15 is 0 Å². The van der Waals surface area contributed by atoms with Crippen molar-refractivity contribution in [2.45, 2.75) is 31.3 Å². The Morgan fingerprint density at radius 2 is 2.04 bits per heavy atom. The van der Waals surface area contributed by atoms with Crippen LogP contribution in [0.3, 0.4) is 0 Å². The molecule has 1 aliphatic heterocycles. The highest BCUT2D eigenvalue weighted by Gasteiger charge is 2.52. The van der Waals surface area contributed by atoms with Crippen LogP contribution in [0.1, 0.15) is 36.2 Å². The lowest BCUT2D eigenvalue weighted by Gasteiger charge is -2.39. The number of amides is 1.